The summed E-state index contributed by atoms with van der Waals surface area (Å²) in [5.41, 5.74) is 1.16. The number of nitrogens with one attached hydrogen (secondary N) is 1. The van der Waals surface area contributed by atoms with Gasteiger partial charge in [0.15, 0.2) is 15.6 Å². The first-order valence-corrected chi connectivity index (χ1v) is 8.77. The monoisotopic (exact) mass is 309 g/mol. The lowest BCUT2D eigenvalue weighted by Gasteiger charge is -2.08. The van der Waals surface area contributed by atoms with Gasteiger partial charge in [-0.15, -0.1) is 0 Å². The minimum atomic E-state index is -3.42. The number of H-pyrrole nitrogens is 1. The molecule has 1 N–H and O–H groups in total. The van der Waals surface area contributed by atoms with E-state index in [-0.39, 0.29) is 0 Å². The Bertz CT molecular complexity index is 761. The summed E-state index contributed by atoms with van der Waals surface area (Å²) in [4.78, 5) is 15.3. The lowest BCUT2D eigenvalue weighted by Crippen LogP contribution is -2.26. The van der Waals surface area contributed by atoms with Crippen molar-refractivity contribution in [3.8, 4) is 5.75 Å². The highest BCUT2D eigenvalue weighted by atomic mass is 32.2. The van der Waals surface area contributed by atoms with E-state index in [0.29, 0.717) is 23.3 Å². The van der Waals surface area contributed by atoms with Crippen molar-refractivity contribution in [1.82, 2.24) is 4.98 Å². The summed E-state index contributed by atoms with van der Waals surface area (Å²) in [6, 6.07) is 5.41. The van der Waals surface area contributed by atoms with Crippen molar-refractivity contribution >= 4 is 26.5 Å². The van der Waals surface area contributed by atoms with Gasteiger partial charge in [0.2, 0.25) is 0 Å². The highest BCUT2D eigenvalue weighted by Gasteiger charge is 2.26. The second-order valence-corrected chi connectivity index (χ2v) is 7.46. The van der Waals surface area contributed by atoms with Crippen molar-refractivity contribution in [3.63, 3.8) is 0 Å². The van der Waals surface area contributed by atoms with Crippen molar-refractivity contribution in [3.05, 3.63) is 30.0 Å². The number of fused-ring (bicyclic) bond motifs is 1. The first-order chi connectivity index (χ1) is 9.84. The fourth-order valence-electron chi connectivity index (χ4n) is 2.03. The summed E-state index contributed by atoms with van der Waals surface area (Å²) in [5.74, 6) is 0.265. The number of Topliss-reactive ketones (excluding diaryl/α,β-unsaturated/α-hetero) is 1. The van der Waals surface area contributed by atoms with E-state index in [9.17, 15) is 13.2 Å². The number of aromatic amines is 1. The summed E-state index contributed by atoms with van der Waals surface area (Å²) in [5, 5.41) is -0.374. The van der Waals surface area contributed by atoms with E-state index in [1.165, 1.54) is 6.92 Å². The first-order valence-electron chi connectivity index (χ1n) is 6.81. The van der Waals surface area contributed by atoms with Gasteiger partial charge in [0.1, 0.15) is 11.0 Å². The first kappa shape index (κ1) is 15.6. The molecule has 1 unspecified atom stereocenters. The quantitative estimate of drug-likeness (QED) is 0.832. The number of carbonyl (C=O) groups is 1. The zero-order chi connectivity index (χ0) is 15.6. The fourth-order valence-corrected chi connectivity index (χ4v) is 2.54. The molecule has 2 aromatic rings. The predicted molar refractivity (Wildman–Crippen MR) is 82.7 cm³/mol. The molecule has 0 bridgehead atoms. The average molecular weight is 309 g/mol. The molecular formula is C15H19NO4S. The van der Waals surface area contributed by atoms with E-state index in [1.807, 2.05) is 19.1 Å². The standard InChI is InChI=1S/C15H19NO4S/c1-4-7-20-11-5-6-14-12(8-11)13(9-16-14)15(17)10(2)21(3,18)19/h5-6,8-10,16H,4,7H2,1-3H3. The maximum atomic E-state index is 12.4. The molecule has 0 saturated carbocycles. The zero-order valence-corrected chi connectivity index (χ0v) is 13.2. The van der Waals surface area contributed by atoms with E-state index in [2.05, 4.69) is 4.98 Å². The summed E-state index contributed by atoms with van der Waals surface area (Å²) in [6.07, 6.45) is 3.51. The van der Waals surface area contributed by atoms with Crippen LogP contribution < -0.4 is 4.74 Å². The highest BCUT2D eigenvalue weighted by molar-refractivity contribution is 7.92. The molecule has 1 atom stereocenters. The lowest BCUT2D eigenvalue weighted by atomic mass is 10.1. The third-order valence-electron chi connectivity index (χ3n) is 3.40. The predicted octanol–water partition coefficient (Wildman–Crippen LogP) is 2.57. The van der Waals surface area contributed by atoms with Crippen molar-refractivity contribution in [2.24, 2.45) is 0 Å². The maximum absolute atomic E-state index is 12.4. The molecule has 0 saturated heterocycles. The second kappa shape index (κ2) is 5.89. The Kier molecular flexibility index (Phi) is 4.37. The molecule has 114 valence electrons. The van der Waals surface area contributed by atoms with Gasteiger partial charge in [0.05, 0.1) is 6.61 Å². The zero-order valence-electron chi connectivity index (χ0n) is 12.3. The molecular weight excluding hydrogens is 290 g/mol. The van der Waals surface area contributed by atoms with Crippen molar-refractivity contribution in [1.29, 1.82) is 0 Å². The molecule has 0 aliphatic rings. The molecule has 6 heteroatoms. The van der Waals surface area contributed by atoms with Crippen LogP contribution in [-0.2, 0) is 9.84 Å². The van der Waals surface area contributed by atoms with Gasteiger partial charge in [-0.1, -0.05) is 6.92 Å². The minimum absolute atomic E-state index is 0.380. The van der Waals surface area contributed by atoms with Gasteiger partial charge in [-0.3, -0.25) is 4.79 Å². The van der Waals surface area contributed by atoms with Crippen LogP contribution in [0.4, 0.5) is 0 Å². The molecule has 21 heavy (non-hydrogen) atoms. The molecule has 0 radical (unpaired) electrons. The largest absolute Gasteiger partial charge is 0.494 e. The third kappa shape index (κ3) is 3.26. The minimum Gasteiger partial charge on any atom is -0.494 e. The van der Waals surface area contributed by atoms with Crippen LogP contribution in [0.2, 0.25) is 0 Å². The molecule has 1 heterocycles. The summed E-state index contributed by atoms with van der Waals surface area (Å²) >= 11 is 0. The van der Waals surface area contributed by atoms with Gasteiger partial charge in [0.25, 0.3) is 0 Å². The van der Waals surface area contributed by atoms with Gasteiger partial charge in [-0.25, -0.2) is 8.42 Å². The van der Waals surface area contributed by atoms with Gasteiger partial charge in [0, 0.05) is 28.9 Å². The smallest absolute Gasteiger partial charge is 0.182 e. The fraction of sp³-hybridized carbons (Fsp3) is 0.400. The van der Waals surface area contributed by atoms with Gasteiger partial charge >= 0.3 is 0 Å². The molecule has 2 rings (SSSR count). The maximum Gasteiger partial charge on any atom is 0.182 e. The number of carbonyl (C=O) groups excluding carboxylic acids is 1. The van der Waals surface area contributed by atoms with Gasteiger partial charge in [-0.2, -0.15) is 0 Å². The molecule has 1 aromatic carbocycles. The number of hydrogen-bond donors (Lipinski definition) is 1. The van der Waals surface area contributed by atoms with Crippen molar-refractivity contribution < 1.29 is 17.9 Å². The number of hydrogen-bond acceptors (Lipinski definition) is 4. The average Bonchev–Trinajstić information content (AvgIpc) is 2.85. The Balaban J connectivity index is 2.42. The molecule has 0 fully saturated rings. The summed E-state index contributed by atoms with van der Waals surface area (Å²) in [7, 11) is -3.42. The Hall–Kier alpha value is -1.82. The topological polar surface area (TPSA) is 76.2 Å². The van der Waals surface area contributed by atoms with Crippen LogP contribution >= 0.6 is 0 Å². The van der Waals surface area contributed by atoms with Crippen LogP contribution in [0.15, 0.2) is 24.4 Å². The van der Waals surface area contributed by atoms with Crippen LogP contribution in [0.1, 0.15) is 30.6 Å². The van der Waals surface area contributed by atoms with E-state index in [1.54, 1.807) is 12.3 Å². The van der Waals surface area contributed by atoms with Crippen LogP contribution in [0.5, 0.6) is 5.75 Å². The van der Waals surface area contributed by atoms with Crippen LogP contribution in [-0.4, -0.2) is 37.3 Å². The van der Waals surface area contributed by atoms with Gasteiger partial charge < -0.3 is 9.72 Å². The SMILES string of the molecule is CCCOc1ccc2[nH]cc(C(=O)C(C)S(C)(=O)=O)c2c1. The molecule has 0 amide bonds. The number of benzene rings is 1. The van der Waals surface area contributed by atoms with E-state index < -0.39 is 20.9 Å². The molecule has 0 aliphatic heterocycles. The Morgan fingerprint density at radius 1 is 1.38 bits per heavy atom. The summed E-state index contributed by atoms with van der Waals surface area (Å²) in [6.45, 7) is 4.02. The Morgan fingerprint density at radius 3 is 2.71 bits per heavy atom. The number of rotatable bonds is 6. The lowest BCUT2D eigenvalue weighted by molar-refractivity contribution is 0.0993. The molecule has 0 aliphatic carbocycles. The third-order valence-corrected chi connectivity index (χ3v) is 4.90. The number of sulfone groups is 1. The van der Waals surface area contributed by atoms with E-state index in [0.717, 1.165) is 18.2 Å². The van der Waals surface area contributed by atoms with Crippen molar-refractivity contribution in [2.45, 2.75) is 25.5 Å². The molecule has 0 spiro atoms. The Morgan fingerprint density at radius 2 is 2.10 bits per heavy atom. The van der Waals surface area contributed by atoms with Crippen LogP contribution in [0.25, 0.3) is 10.9 Å². The van der Waals surface area contributed by atoms with E-state index in [4.69, 9.17) is 4.74 Å². The summed E-state index contributed by atoms with van der Waals surface area (Å²) < 4.78 is 28.7. The second-order valence-electron chi connectivity index (χ2n) is 5.09. The number of ketones is 1. The van der Waals surface area contributed by atoms with E-state index >= 15 is 0 Å². The van der Waals surface area contributed by atoms with Crippen LogP contribution in [0, 0.1) is 0 Å². The van der Waals surface area contributed by atoms with Gasteiger partial charge in [-0.05, 0) is 31.5 Å². The highest BCUT2D eigenvalue weighted by Crippen LogP contribution is 2.25. The number of ether oxygens (including phenoxy) is 1. The normalized spacial score (nSPS) is 13.3. The number of aromatic nitrogens is 1. The molecule has 1 aromatic heterocycles. The van der Waals surface area contributed by atoms with Crippen molar-refractivity contribution in [2.75, 3.05) is 12.9 Å². The van der Waals surface area contributed by atoms with Crippen LogP contribution in [0.3, 0.4) is 0 Å². The Labute approximate surface area is 124 Å². The molecule has 5 nitrogen and oxygen atoms in total.